The predicted octanol–water partition coefficient (Wildman–Crippen LogP) is 0.0579. The lowest BCUT2D eigenvalue weighted by atomic mass is 9.71. The molecule has 3 heteroatoms. The van der Waals surface area contributed by atoms with Crippen molar-refractivity contribution in [3.63, 3.8) is 0 Å². The first-order valence-electron chi connectivity index (χ1n) is 3.60. The molecule has 1 N–H and O–H groups in total. The van der Waals surface area contributed by atoms with Crippen LogP contribution in [-0.4, -0.2) is 26.0 Å². The summed E-state index contributed by atoms with van der Waals surface area (Å²) < 4.78 is 4.89. The second-order valence-corrected chi connectivity index (χ2v) is 2.37. The molecule has 0 atom stereocenters. The van der Waals surface area contributed by atoms with Crippen LogP contribution in [-0.2, 0) is 4.74 Å². The van der Waals surface area contributed by atoms with Crippen LogP contribution in [0, 0.1) is 0 Å². The van der Waals surface area contributed by atoms with Gasteiger partial charge in [-0.25, -0.2) is 0 Å². The Morgan fingerprint density at radius 2 is 2.18 bits per heavy atom. The van der Waals surface area contributed by atoms with Crippen molar-refractivity contribution in [2.24, 2.45) is 0 Å². The van der Waals surface area contributed by atoms with Gasteiger partial charge in [0.05, 0.1) is 0 Å². The Labute approximate surface area is 67.1 Å². The van der Waals surface area contributed by atoms with E-state index in [1.54, 1.807) is 13.2 Å². The third kappa shape index (κ3) is 2.28. The van der Waals surface area contributed by atoms with Crippen molar-refractivity contribution >= 4 is 12.7 Å². The van der Waals surface area contributed by atoms with Crippen molar-refractivity contribution in [2.45, 2.75) is 0 Å². The summed E-state index contributed by atoms with van der Waals surface area (Å²) in [5.41, 5.74) is 0.939. The third-order valence-corrected chi connectivity index (χ3v) is 1.57. The number of benzene rings is 1. The van der Waals surface area contributed by atoms with Crippen molar-refractivity contribution < 1.29 is 9.84 Å². The van der Waals surface area contributed by atoms with Gasteiger partial charge in [0.15, 0.2) is 7.28 Å². The molecule has 0 aliphatic carbocycles. The van der Waals surface area contributed by atoms with Crippen LogP contribution in [0.25, 0.3) is 0 Å². The molecule has 0 amide bonds. The average molecular weight is 150 g/mol. The number of ether oxygens (including phenoxy) is 1. The largest absolute Gasteiger partial charge is 0.509 e. The van der Waals surface area contributed by atoms with Crippen LogP contribution in [0.3, 0.4) is 0 Å². The van der Waals surface area contributed by atoms with Gasteiger partial charge in [0.25, 0.3) is 0 Å². The lowest BCUT2D eigenvalue weighted by molar-refractivity contribution is 0.252. The molecular weight excluding hydrogens is 139 g/mol. The first kappa shape index (κ1) is 8.14. The van der Waals surface area contributed by atoms with Crippen molar-refractivity contribution in [1.82, 2.24) is 0 Å². The molecule has 0 heterocycles. The number of hydrogen-bond acceptors (Lipinski definition) is 2. The maximum atomic E-state index is 9.28. The molecule has 0 bridgehead atoms. The molecule has 0 radical (unpaired) electrons. The number of aromatic hydroxyl groups is 1. The SMILES string of the molecule is COCBc1ccccc1O. The highest BCUT2D eigenvalue weighted by Crippen LogP contribution is 2.01. The van der Waals surface area contributed by atoms with E-state index in [1.807, 2.05) is 18.2 Å². The summed E-state index contributed by atoms with van der Waals surface area (Å²) in [7, 11) is 2.42. The second-order valence-electron chi connectivity index (χ2n) is 2.37. The maximum Gasteiger partial charge on any atom is 0.193 e. The van der Waals surface area contributed by atoms with Crippen LogP contribution in [0.15, 0.2) is 24.3 Å². The Morgan fingerprint density at radius 3 is 2.82 bits per heavy atom. The molecule has 0 aliphatic heterocycles. The first-order chi connectivity index (χ1) is 5.34. The van der Waals surface area contributed by atoms with Gasteiger partial charge >= 0.3 is 0 Å². The molecule has 1 aromatic carbocycles. The normalized spacial score (nSPS) is 9.55. The Bertz CT molecular complexity index is 225. The highest BCUT2D eigenvalue weighted by molar-refractivity contribution is 6.54. The number of phenols is 1. The minimum absolute atomic E-state index is 0.351. The zero-order valence-corrected chi connectivity index (χ0v) is 6.58. The number of para-hydroxylation sites is 1. The van der Waals surface area contributed by atoms with Crippen LogP contribution in [0.1, 0.15) is 0 Å². The Morgan fingerprint density at radius 1 is 1.45 bits per heavy atom. The van der Waals surface area contributed by atoms with Gasteiger partial charge in [-0.1, -0.05) is 18.2 Å². The van der Waals surface area contributed by atoms with Gasteiger partial charge in [0.2, 0.25) is 0 Å². The lowest BCUT2D eigenvalue weighted by Gasteiger charge is -2.00. The number of phenolic OH excluding ortho intramolecular Hbond substituents is 1. The minimum atomic E-state index is 0.351. The lowest BCUT2D eigenvalue weighted by Crippen LogP contribution is -2.18. The van der Waals surface area contributed by atoms with E-state index >= 15 is 0 Å². The average Bonchev–Trinajstić information content (AvgIpc) is 2.03. The summed E-state index contributed by atoms with van der Waals surface area (Å²) in [4.78, 5) is 0. The van der Waals surface area contributed by atoms with Crippen molar-refractivity contribution in [3.8, 4) is 5.75 Å². The standard InChI is InChI=1S/C8H11BO2/c1-11-6-9-7-4-2-3-5-8(7)10/h2-5,9-10H,6H2,1H3. The van der Waals surface area contributed by atoms with Gasteiger partial charge in [-0.3, -0.25) is 0 Å². The first-order valence-corrected chi connectivity index (χ1v) is 3.60. The van der Waals surface area contributed by atoms with Gasteiger partial charge in [0, 0.05) is 13.6 Å². The summed E-state index contributed by atoms with van der Waals surface area (Å²) >= 11 is 0. The fourth-order valence-electron chi connectivity index (χ4n) is 0.934. The van der Waals surface area contributed by atoms with E-state index in [2.05, 4.69) is 0 Å². The van der Waals surface area contributed by atoms with E-state index in [-0.39, 0.29) is 0 Å². The summed E-state index contributed by atoms with van der Waals surface area (Å²) in [6, 6.07) is 7.30. The number of hydrogen-bond donors (Lipinski definition) is 1. The van der Waals surface area contributed by atoms with Crippen LogP contribution >= 0.6 is 0 Å². The Balaban J connectivity index is 2.62. The molecule has 0 unspecified atom stereocenters. The summed E-state index contributed by atoms with van der Waals surface area (Å²) in [6.45, 7) is 0.650. The number of methoxy groups -OCH3 is 1. The van der Waals surface area contributed by atoms with Gasteiger partial charge in [-0.2, -0.15) is 0 Å². The summed E-state index contributed by atoms with van der Waals surface area (Å²) in [6.07, 6.45) is 0. The monoisotopic (exact) mass is 150 g/mol. The zero-order chi connectivity index (χ0) is 8.10. The quantitative estimate of drug-likeness (QED) is 0.617. The molecule has 1 aromatic rings. The fourth-order valence-corrected chi connectivity index (χ4v) is 0.934. The molecule has 0 saturated heterocycles. The molecule has 2 nitrogen and oxygen atoms in total. The van der Waals surface area contributed by atoms with E-state index < -0.39 is 0 Å². The molecule has 11 heavy (non-hydrogen) atoms. The van der Waals surface area contributed by atoms with Crippen LogP contribution < -0.4 is 5.46 Å². The van der Waals surface area contributed by atoms with Crippen molar-refractivity contribution in [3.05, 3.63) is 24.3 Å². The van der Waals surface area contributed by atoms with Crippen LogP contribution in [0.2, 0.25) is 0 Å². The highest BCUT2D eigenvalue weighted by atomic mass is 16.5. The molecule has 0 spiro atoms. The van der Waals surface area contributed by atoms with Crippen LogP contribution in [0.4, 0.5) is 0 Å². The number of rotatable bonds is 3. The molecule has 58 valence electrons. The van der Waals surface area contributed by atoms with Gasteiger partial charge < -0.3 is 9.84 Å². The Kier molecular flexibility index (Phi) is 2.99. The maximum absolute atomic E-state index is 9.28. The molecule has 0 fully saturated rings. The summed E-state index contributed by atoms with van der Waals surface area (Å²) in [5, 5.41) is 9.28. The summed E-state index contributed by atoms with van der Waals surface area (Å²) in [5.74, 6) is 0.351. The molecule has 1 rings (SSSR count). The molecular formula is C8H11BO2. The van der Waals surface area contributed by atoms with Crippen LogP contribution in [0.5, 0.6) is 5.75 Å². The second kappa shape index (κ2) is 4.03. The van der Waals surface area contributed by atoms with E-state index in [9.17, 15) is 5.11 Å². The van der Waals surface area contributed by atoms with Gasteiger partial charge in [-0.15, -0.1) is 0 Å². The van der Waals surface area contributed by atoms with Crippen molar-refractivity contribution in [1.29, 1.82) is 0 Å². The third-order valence-electron chi connectivity index (χ3n) is 1.57. The topological polar surface area (TPSA) is 29.5 Å². The molecule has 0 aromatic heterocycles. The smallest absolute Gasteiger partial charge is 0.193 e. The Hall–Kier alpha value is -0.955. The van der Waals surface area contributed by atoms with E-state index in [1.165, 1.54) is 0 Å². The molecule has 0 saturated carbocycles. The van der Waals surface area contributed by atoms with E-state index in [0.29, 0.717) is 12.3 Å². The van der Waals surface area contributed by atoms with Crippen molar-refractivity contribution in [2.75, 3.05) is 13.6 Å². The minimum Gasteiger partial charge on any atom is -0.509 e. The highest BCUT2D eigenvalue weighted by Gasteiger charge is 1.99. The predicted molar refractivity (Wildman–Crippen MR) is 46.8 cm³/mol. The van der Waals surface area contributed by atoms with E-state index in [0.717, 1.165) is 12.7 Å². The van der Waals surface area contributed by atoms with Gasteiger partial charge in [0.1, 0.15) is 5.75 Å². The van der Waals surface area contributed by atoms with E-state index in [4.69, 9.17) is 4.74 Å². The fraction of sp³-hybridized carbons (Fsp3) is 0.250. The molecule has 0 aliphatic rings. The zero-order valence-electron chi connectivity index (χ0n) is 6.58. The van der Waals surface area contributed by atoms with Gasteiger partial charge in [-0.05, 0) is 11.5 Å².